The molecule has 1 saturated heterocycles. The Hall–Kier alpha value is -1.60. The Balaban J connectivity index is 1.81. The summed E-state index contributed by atoms with van der Waals surface area (Å²) >= 11 is 3.49. The van der Waals surface area contributed by atoms with Crippen LogP contribution in [-0.4, -0.2) is 68.0 Å². The van der Waals surface area contributed by atoms with E-state index >= 15 is 0 Å². The van der Waals surface area contributed by atoms with Gasteiger partial charge in [-0.25, -0.2) is 0 Å². The summed E-state index contributed by atoms with van der Waals surface area (Å²) < 4.78 is 6.72. The number of ether oxygens (including phenoxy) is 1. The summed E-state index contributed by atoms with van der Waals surface area (Å²) in [4.78, 5) is 29.3. The van der Waals surface area contributed by atoms with Gasteiger partial charge in [0.05, 0.1) is 4.47 Å². The fourth-order valence-corrected chi connectivity index (χ4v) is 4.53. The van der Waals surface area contributed by atoms with Crippen molar-refractivity contribution in [3.05, 3.63) is 28.2 Å². The number of nitrogens with one attached hydrogen (secondary N) is 1. The van der Waals surface area contributed by atoms with Crippen LogP contribution in [0.15, 0.2) is 22.7 Å². The molecule has 1 aromatic rings. The number of piperidine rings is 1. The lowest BCUT2D eigenvalue weighted by Crippen LogP contribution is -2.48. The van der Waals surface area contributed by atoms with E-state index in [-0.39, 0.29) is 23.1 Å². The lowest BCUT2D eigenvalue weighted by atomic mass is 9.91. The van der Waals surface area contributed by atoms with Crippen molar-refractivity contribution in [1.29, 1.82) is 0 Å². The van der Waals surface area contributed by atoms with E-state index in [0.717, 1.165) is 16.6 Å². The highest BCUT2D eigenvalue weighted by atomic mass is 79.9. The lowest BCUT2D eigenvalue weighted by molar-refractivity contribution is -0.141. The van der Waals surface area contributed by atoms with Crippen molar-refractivity contribution in [3.63, 3.8) is 0 Å². The molecule has 0 spiro atoms. The van der Waals surface area contributed by atoms with Crippen molar-refractivity contribution in [1.82, 2.24) is 15.1 Å². The quantitative estimate of drug-likeness (QED) is 0.617. The second-order valence-electron chi connectivity index (χ2n) is 9.41. The number of carbonyl (C=O) groups is 2. The van der Waals surface area contributed by atoms with Crippen LogP contribution in [0.1, 0.15) is 39.2 Å². The molecular formula is C23H36BrN3O3. The maximum Gasteiger partial charge on any atom is 0.263 e. The maximum atomic E-state index is 12.8. The zero-order valence-electron chi connectivity index (χ0n) is 19.1. The van der Waals surface area contributed by atoms with Crippen LogP contribution in [0.2, 0.25) is 0 Å². The molecule has 6 nitrogen and oxygen atoms in total. The second kappa shape index (κ2) is 10.6. The molecule has 0 saturated carbocycles. The molecule has 0 aromatic heterocycles. The topological polar surface area (TPSA) is 61.9 Å². The summed E-state index contributed by atoms with van der Waals surface area (Å²) in [7, 11) is 4.08. The number of hydrogen-bond donors (Lipinski definition) is 1. The van der Waals surface area contributed by atoms with E-state index in [1.807, 2.05) is 44.1 Å². The van der Waals surface area contributed by atoms with Gasteiger partial charge in [0, 0.05) is 32.1 Å². The first-order valence-electron chi connectivity index (χ1n) is 10.6. The molecule has 1 unspecified atom stereocenters. The molecule has 1 fully saturated rings. The zero-order valence-corrected chi connectivity index (χ0v) is 20.7. The van der Waals surface area contributed by atoms with Gasteiger partial charge in [-0.15, -0.1) is 0 Å². The molecule has 30 heavy (non-hydrogen) atoms. The van der Waals surface area contributed by atoms with Gasteiger partial charge in [0.1, 0.15) is 5.75 Å². The van der Waals surface area contributed by atoms with Gasteiger partial charge in [0.25, 0.3) is 5.91 Å². The number of carbonyl (C=O) groups excluding carboxylic acids is 2. The SMILES string of the molecule is Cc1ccc(OC(C)C(=O)N2CCC(C(=O)NCC(C)(C)CN(C)C)CC2)c(Br)c1. The van der Waals surface area contributed by atoms with Crippen molar-refractivity contribution >= 4 is 27.7 Å². The minimum atomic E-state index is -0.568. The van der Waals surface area contributed by atoms with Crippen molar-refractivity contribution in [3.8, 4) is 5.75 Å². The van der Waals surface area contributed by atoms with E-state index < -0.39 is 6.10 Å². The first kappa shape index (κ1) is 24.7. The fourth-order valence-electron chi connectivity index (χ4n) is 3.94. The van der Waals surface area contributed by atoms with Crippen LogP contribution in [0.25, 0.3) is 0 Å². The molecule has 1 aliphatic rings. The van der Waals surface area contributed by atoms with Crippen molar-refractivity contribution < 1.29 is 14.3 Å². The van der Waals surface area contributed by atoms with E-state index in [1.165, 1.54) is 0 Å². The minimum absolute atomic E-state index is 0.0207. The van der Waals surface area contributed by atoms with Gasteiger partial charge in [-0.3, -0.25) is 9.59 Å². The van der Waals surface area contributed by atoms with Crippen LogP contribution in [-0.2, 0) is 9.59 Å². The van der Waals surface area contributed by atoms with E-state index in [2.05, 4.69) is 40.0 Å². The molecule has 2 rings (SSSR count). The highest BCUT2D eigenvalue weighted by Crippen LogP contribution is 2.27. The van der Waals surface area contributed by atoms with Gasteiger partial charge in [0.2, 0.25) is 5.91 Å². The Morgan fingerprint density at radius 3 is 2.50 bits per heavy atom. The van der Waals surface area contributed by atoms with Gasteiger partial charge in [0.15, 0.2) is 6.10 Å². The third kappa shape index (κ3) is 7.27. The highest BCUT2D eigenvalue weighted by Gasteiger charge is 2.31. The molecule has 0 aliphatic carbocycles. The second-order valence-corrected chi connectivity index (χ2v) is 10.3. The smallest absolute Gasteiger partial charge is 0.263 e. The van der Waals surface area contributed by atoms with E-state index in [0.29, 0.717) is 38.2 Å². The Morgan fingerprint density at radius 2 is 1.93 bits per heavy atom. The molecule has 7 heteroatoms. The molecule has 1 N–H and O–H groups in total. The lowest BCUT2D eigenvalue weighted by Gasteiger charge is -2.34. The van der Waals surface area contributed by atoms with E-state index in [1.54, 1.807) is 6.92 Å². The van der Waals surface area contributed by atoms with Crippen molar-refractivity contribution in [2.24, 2.45) is 11.3 Å². The largest absolute Gasteiger partial charge is 0.480 e. The maximum absolute atomic E-state index is 12.8. The zero-order chi connectivity index (χ0) is 22.5. The van der Waals surface area contributed by atoms with Gasteiger partial charge >= 0.3 is 0 Å². The van der Waals surface area contributed by atoms with Gasteiger partial charge in [-0.1, -0.05) is 19.9 Å². The number of benzene rings is 1. The molecule has 0 bridgehead atoms. The number of halogens is 1. The summed E-state index contributed by atoms with van der Waals surface area (Å²) in [5, 5.41) is 3.11. The average Bonchev–Trinajstić information content (AvgIpc) is 2.67. The standard InChI is InChI=1S/C23H36BrN3O3/c1-16-7-8-20(19(24)13-16)30-17(2)22(29)27-11-9-18(10-12-27)21(28)25-14-23(3,4)15-26(5)6/h7-8,13,17-18H,9-12,14-15H2,1-6H3,(H,25,28). The number of aryl methyl sites for hydroxylation is 1. The molecular weight excluding hydrogens is 446 g/mol. The molecule has 1 aromatic carbocycles. The first-order valence-corrected chi connectivity index (χ1v) is 11.4. The summed E-state index contributed by atoms with van der Waals surface area (Å²) in [5.74, 6) is 0.693. The molecule has 2 amide bonds. The molecule has 168 valence electrons. The van der Waals surface area contributed by atoms with Crippen molar-refractivity contribution in [2.45, 2.75) is 46.6 Å². The summed E-state index contributed by atoms with van der Waals surface area (Å²) in [6.07, 6.45) is 0.806. The van der Waals surface area contributed by atoms with Gasteiger partial charge in [-0.2, -0.15) is 0 Å². The number of hydrogen-bond acceptors (Lipinski definition) is 4. The molecule has 0 radical (unpaired) electrons. The summed E-state index contributed by atoms with van der Waals surface area (Å²) in [6, 6.07) is 5.80. The van der Waals surface area contributed by atoms with Crippen LogP contribution in [0.5, 0.6) is 5.75 Å². The number of likely N-dealkylation sites (tertiary alicyclic amines) is 1. The Kier molecular flexibility index (Phi) is 8.73. The number of amides is 2. The normalized spacial score (nSPS) is 16.5. The van der Waals surface area contributed by atoms with Crippen LogP contribution in [0.4, 0.5) is 0 Å². The van der Waals surface area contributed by atoms with E-state index in [9.17, 15) is 9.59 Å². The first-order chi connectivity index (χ1) is 14.0. The third-order valence-electron chi connectivity index (χ3n) is 5.40. The number of rotatable bonds is 8. The molecule has 1 aliphatic heterocycles. The van der Waals surface area contributed by atoms with Crippen LogP contribution in [0, 0.1) is 18.3 Å². The average molecular weight is 482 g/mol. The van der Waals surface area contributed by atoms with Crippen LogP contribution >= 0.6 is 15.9 Å². The summed E-state index contributed by atoms with van der Waals surface area (Å²) in [5.41, 5.74) is 1.14. The fraction of sp³-hybridized carbons (Fsp3) is 0.652. The predicted octanol–water partition coefficient (Wildman–Crippen LogP) is 3.47. The third-order valence-corrected chi connectivity index (χ3v) is 6.02. The molecule has 1 atom stereocenters. The van der Waals surface area contributed by atoms with Crippen LogP contribution in [0.3, 0.4) is 0 Å². The summed E-state index contributed by atoms with van der Waals surface area (Å²) in [6.45, 7) is 10.8. The molecule has 1 heterocycles. The van der Waals surface area contributed by atoms with Gasteiger partial charge < -0.3 is 19.9 Å². The van der Waals surface area contributed by atoms with Crippen molar-refractivity contribution in [2.75, 3.05) is 40.3 Å². The minimum Gasteiger partial charge on any atom is -0.480 e. The Bertz CT molecular complexity index is 743. The van der Waals surface area contributed by atoms with Crippen LogP contribution < -0.4 is 10.1 Å². The highest BCUT2D eigenvalue weighted by molar-refractivity contribution is 9.10. The van der Waals surface area contributed by atoms with Gasteiger partial charge in [-0.05, 0) is 79.8 Å². The predicted molar refractivity (Wildman–Crippen MR) is 124 cm³/mol. The monoisotopic (exact) mass is 481 g/mol. The number of nitrogens with zero attached hydrogens (tertiary/aromatic N) is 2. The Labute approximate surface area is 189 Å². The Morgan fingerprint density at radius 1 is 1.30 bits per heavy atom. The van der Waals surface area contributed by atoms with E-state index in [4.69, 9.17) is 4.74 Å².